The molecule has 0 radical (unpaired) electrons. The number of aromatic nitrogens is 3. The third kappa shape index (κ3) is 5.46. The molecule has 1 aromatic carbocycles. The third-order valence-electron chi connectivity index (χ3n) is 6.88. The van der Waals surface area contributed by atoms with Crippen molar-refractivity contribution in [2.75, 3.05) is 7.05 Å². The summed E-state index contributed by atoms with van der Waals surface area (Å²) in [5.41, 5.74) is 2.20. The van der Waals surface area contributed by atoms with Gasteiger partial charge >= 0.3 is 12.1 Å². The van der Waals surface area contributed by atoms with Gasteiger partial charge in [-0.15, -0.1) is 5.10 Å². The van der Waals surface area contributed by atoms with E-state index in [0.717, 1.165) is 31.2 Å². The number of carbonyl (C=O) groups excluding carboxylic acids is 1. The first kappa shape index (κ1) is 23.1. The first-order valence-corrected chi connectivity index (χ1v) is 11.6. The highest BCUT2D eigenvalue weighted by Crippen LogP contribution is 2.35. The number of aryl methyl sites for hydroxylation is 1. The van der Waals surface area contributed by atoms with Crippen LogP contribution in [-0.4, -0.2) is 56.3 Å². The van der Waals surface area contributed by atoms with Crippen molar-refractivity contribution in [2.24, 2.45) is 18.9 Å². The van der Waals surface area contributed by atoms with E-state index in [4.69, 9.17) is 9.47 Å². The zero-order valence-electron chi connectivity index (χ0n) is 19.4. The van der Waals surface area contributed by atoms with E-state index in [1.165, 1.54) is 0 Å². The Balaban J connectivity index is 1.38. The van der Waals surface area contributed by atoms with Crippen LogP contribution in [0.3, 0.4) is 0 Å². The van der Waals surface area contributed by atoms with Crippen molar-refractivity contribution in [1.29, 1.82) is 0 Å². The predicted molar refractivity (Wildman–Crippen MR) is 121 cm³/mol. The van der Waals surface area contributed by atoms with Crippen molar-refractivity contribution in [1.82, 2.24) is 19.9 Å². The summed E-state index contributed by atoms with van der Waals surface area (Å²) in [6.45, 7) is 2.13. The van der Waals surface area contributed by atoms with E-state index < -0.39 is 5.97 Å². The highest BCUT2D eigenvalue weighted by atomic mass is 16.6. The lowest BCUT2D eigenvalue weighted by Crippen LogP contribution is -2.36. The minimum absolute atomic E-state index is 0.0797. The molecule has 9 heteroatoms. The van der Waals surface area contributed by atoms with E-state index in [9.17, 15) is 14.7 Å². The second kappa shape index (κ2) is 9.80. The Bertz CT molecular complexity index is 985. The van der Waals surface area contributed by atoms with E-state index in [1.807, 2.05) is 24.3 Å². The molecule has 3 atom stereocenters. The van der Waals surface area contributed by atoms with Gasteiger partial charge in [0.2, 0.25) is 0 Å². The minimum Gasteiger partial charge on any atom is -0.490 e. The van der Waals surface area contributed by atoms with E-state index in [1.54, 1.807) is 23.7 Å². The van der Waals surface area contributed by atoms with Gasteiger partial charge in [-0.05, 0) is 75.6 Å². The summed E-state index contributed by atoms with van der Waals surface area (Å²) in [5.74, 6) is 0.185. The molecule has 2 aromatic rings. The molecule has 1 amide bonds. The maximum Gasteiger partial charge on any atom is 0.410 e. The number of hydrogen-bond acceptors (Lipinski definition) is 6. The van der Waals surface area contributed by atoms with Crippen LogP contribution < -0.4 is 4.74 Å². The van der Waals surface area contributed by atoms with Crippen LogP contribution in [0.5, 0.6) is 5.75 Å². The van der Waals surface area contributed by atoms with Crippen LogP contribution in [0.1, 0.15) is 51.1 Å². The number of ether oxygens (including phenoxy) is 2. The molecule has 1 aromatic heterocycles. The molecule has 178 valence electrons. The van der Waals surface area contributed by atoms with Crippen LogP contribution in [0, 0.1) is 11.8 Å². The Morgan fingerprint density at radius 3 is 2.61 bits per heavy atom. The molecule has 2 saturated carbocycles. The smallest absolute Gasteiger partial charge is 0.410 e. The molecule has 0 unspecified atom stereocenters. The van der Waals surface area contributed by atoms with E-state index >= 15 is 0 Å². The van der Waals surface area contributed by atoms with Crippen LogP contribution >= 0.6 is 0 Å². The Labute approximate surface area is 193 Å². The maximum atomic E-state index is 12.5. The van der Waals surface area contributed by atoms with Gasteiger partial charge in [-0.1, -0.05) is 5.21 Å². The van der Waals surface area contributed by atoms with Crippen molar-refractivity contribution < 1.29 is 24.2 Å². The number of nitrogens with zero attached hydrogens (tertiary/aromatic N) is 4. The lowest BCUT2D eigenvalue weighted by molar-refractivity contribution is -0.143. The van der Waals surface area contributed by atoms with Gasteiger partial charge in [0, 0.05) is 25.7 Å². The zero-order valence-corrected chi connectivity index (χ0v) is 19.4. The van der Waals surface area contributed by atoms with E-state index in [-0.39, 0.29) is 30.8 Å². The average molecular weight is 457 g/mol. The summed E-state index contributed by atoms with van der Waals surface area (Å²) in [7, 11) is 3.55. The highest BCUT2D eigenvalue weighted by Gasteiger charge is 2.33. The van der Waals surface area contributed by atoms with E-state index in [0.29, 0.717) is 35.9 Å². The summed E-state index contributed by atoms with van der Waals surface area (Å²) < 4.78 is 13.2. The summed E-state index contributed by atoms with van der Waals surface area (Å²) in [4.78, 5) is 25.4. The fraction of sp³-hybridized carbons (Fsp3) is 0.583. The minimum atomic E-state index is -0.747. The Kier molecular flexibility index (Phi) is 6.85. The van der Waals surface area contributed by atoms with Crippen molar-refractivity contribution in [2.45, 2.75) is 64.2 Å². The van der Waals surface area contributed by atoms with Crippen molar-refractivity contribution in [3.63, 3.8) is 0 Å². The number of carboxylic acids is 1. The summed E-state index contributed by atoms with van der Waals surface area (Å²) in [5, 5.41) is 17.6. The fourth-order valence-corrected chi connectivity index (χ4v) is 4.42. The Morgan fingerprint density at radius 2 is 1.94 bits per heavy atom. The van der Waals surface area contributed by atoms with Gasteiger partial charge in [0.1, 0.15) is 23.7 Å². The fourth-order valence-electron chi connectivity index (χ4n) is 4.42. The molecule has 4 rings (SSSR count). The topological polar surface area (TPSA) is 107 Å². The molecule has 2 aliphatic rings. The third-order valence-corrected chi connectivity index (χ3v) is 6.88. The molecule has 0 bridgehead atoms. The number of carboxylic acid groups (broad SMARTS) is 1. The number of amides is 1. The molecule has 0 saturated heterocycles. The highest BCUT2D eigenvalue weighted by molar-refractivity contribution is 5.70. The predicted octanol–water partition coefficient (Wildman–Crippen LogP) is 3.87. The van der Waals surface area contributed by atoms with Gasteiger partial charge in [-0.2, -0.15) is 0 Å². The van der Waals surface area contributed by atoms with Gasteiger partial charge in [0.15, 0.2) is 0 Å². The lowest BCUT2D eigenvalue weighted by Gasteiger charge is -2.27. The molecular formula is C24H32N4O5. The van der Waals surface area contributed by atoms with Crippen LogP contribution in [0.4, 0.5) is 4.79 Å². The largest absolute Gasteiger partial charge is 0.490 e. The van der Waals surface area contributed by atoms with Crippen LogP contribution in [0.2, 0.25) is 0 Å². The lowest BCUT2D eigenvalue weighted by atomic mass is 9.87. The van der Waals surface area contributed by atoms with Gasteiger partial charge in [-0.3, -0.25) is 4.79 Å². The van der Waals surface area contributed by atoms with Crippen molar-refractivity contribution in [3.8, 4) is 17.0 Å². The first-order chi connectivity index (χ1) is 15.8. The molecule has 2 aliphatic carbocycles. The van der Waals surface area contributed by atoms with Crippen LogP contribution in [0.15, 0.2) is 24.3 Å². The normalized spacial score (nSPS) is 21.3. The summed E-state index contributed by atoms with van der Waals surface area (Å²) >= 11 is 0. The van der Waals surface area contributed by atoms with E-state index in [2.05, 4.69) is 17.2 Å². The summed E-state index contributed by atoms with van der Waals surface area (Å²) in [6, 6.07) is 7.67. The quantitative estimate of drug-likeness (QED) is 0.642. The average Bonchev–Trinajstić information content (AvgIpc) is 3.60. The van der Waals surface area contributed by atoms with Crippen LogP contribution in [0.25, 0.3) is 11.3 Å². The second-order valence-corrected chi connectivity index (χ2v) is 9.22. The number of benzene rings is 1. The number of aliphatic carboxylic acids is 1. The van der Waals surface area contributed by atoms with Gasteiger partial charge in [0.25, 0.3) is 0 Å². The maximum absolute atomic E-state index is 12.5. The molecule has 33 heavy (non-hydrogen) atoms. The monoisotopic (exact) mass is 456 g/mol. The Hall–Kier alpha value is -3.10. The number of hydrogen-bond donors (Lipinski definition) is 1. The first-order valence-electron chi connectivity index (χ1n) is 11.6. The van der Waals surface area contributed by atoms with Crippen molar-refractivity contribution >= 4 is 12.1 Å². The molecule has 9 nitrogen and oxygen atoms in total. The standard InChI is InChI=1S/C24H32N4O5/c1-15(16-7-8-16)27(2)24(31)32-14-21-22(25-26-28(21)3)17-9-11-19(12-10-17)33-20-6-4-5-18(13-20)23(29)30/h9-12,15-16,18,20H,4-8,13-14H2,1-3H3,(H,29,30)/t15-,18+,20+/m1/s1. The van der Waals surface area contributed by atoms with Gasteiger partial charge in [0.05, 0.1) is 12.0 Å². The zero-order chi connectivity index (χ0) is 23.5. The Morgan fingerprint density at radius 1 is 1.21 bits per heavy atom. The van der Waals surface area contributed by atoms with Gasteiger partial charge < -0.3 is 19.5 Å². The molecular weight excluding hydrogens is 424 g/mol. The van der Waals surface area contributed by atoms with Crippen LogP contribution in [-0.2, 0) is 23.2 Å². The molecule has 1 N–H and O–H groups in total. The SMILES string of the molecule is C[C@H](C1CC1)N(C)C(=O)OCc1c(-c2ccc(O[C@H]3CCC[C@H](C(=O)O)C3)cc2)nnn1C. The second-order valence-electron chi connectivity index (χ2n) is 9.22. The summed E-state index contributed by atoms with van der Waals surface area (Å²) in [6.07, 6.45) is 4.85. The molecule has 2 fully saturated rings. The van der Waals surface area contributed by atoms with Crippen molar-refractivity contribution in [3.05, 3.63) is 30.0 Å². The molecule has 0 spiro atoms. The molecule has 0 aliphatic heterocycles. The number of rotatable bonds is 8. The van der Waals surface area contributed by atoms with Gasteiger partial charge in [-0.25, -0.2) is 9.48 Å². The molecule has 1 heterocycles. The number of carbonyl (C=O) groups is 2.